The fourth-order valence-electron chi connectivity index (χ4n) is 2.48. The topological polar surface area (TPSA) is 137 Å². The molecule has 0 bridgehead atoms. The van der Waals surface area contributed by atoms with Crippen LogP contribution in [0.2, 0.25) is 0 Å². The van der Waals surface area contributed by atoms with Crippen molar-refractivity contribution in [3.63, 3.8) is 0 Å². The van der Waals surface area contributed by atoms with Gasteiger partial charge in [-0.25, -0.2) is 0 Å². The van der Waals surface area contributed by atoms with Gasteiger partial charge < -0.3 is 25.0 Å². The molecule has 1 aliphatic heterocycles. The molecular formula is C15H20N4O5. The molecule has 1 heterocycles. The molecule has 1 saturated heterocycles. The summed E-state index contributed by atoms with van der Waals surface area (Å²) in [6.45, 7) is 1.32. The van der Waals surface area contributed by atoms with E-state index in [9.17, 15) is 15.0 Å². The van der Waals surface area contributed by atoms with Gasteiger partial charge >= 0.3 is 0 Å². The van der Waals surface area contributed by atoms with Crippen molar-refractivity contribution in [3.05, 3.63) is 46.3 Å². The number of amides is 1. The molecule has 1 aliphatic rings. The number of aliphatic hydroxyl groups excluding tert-OH is 2. The molecular weight excluding hydrogens is 316 g/mol. The molecule has 1 fully saturated rings. The Morgan fingerprint density at radius 1 is 1.38 bits per heavy atom. The summed E-state index contributed by atoms with van der Waals surface area (Å²) in [4.78, 5) is 14.0. The molecule has 5 atom stereocenters. The Balaban J connectivity index is 2.11. The van der Waals surface area contributed by atoms with Crippen LogP contribution in [0.5, 0.6) is 0 Å². The number of aliphatic hydroxyl groups is 2. The molecule has 2 rings (SSSR count). The highest BCUT2D eigenvalue weighted by Gasteiger charge is 2.45. The highest BCUT2D eigenvalue weighted by Crippen LogP contribution is 2.23. The zero-order valence-corrected chi connectivity index (χ0v) is 13.1. The van der Waals surface area contributed by atoms with E-state index < -0.39 is 36.6 Å². The number of nitrogens with zero attached hydrogens (tertiary/aromatic N) is 3. The molecule has 0 unspecified atom stereocenters. The maximum atomic E-state index is 11.4. The number of azide groups is 1. The Morgan fingerprint density at radius 3 is 2.71 bits per heavy atom. The number of hydrogen-bond donors (Lipinski definition) is 3. The molecule has 24 heavy (non-hydrogen) atoms. The lowest BCUT2D eigenvalue weighted by atomic mass is 9.96. The first kappa shape index (κ1) is 18.2. The molecule has 0 aliphatic carbocycles. The summed E-state index contributed by atoms with van der Waals surface area (Å²) in [6, 6.07) is 8.36. The first-order valence-corrected chi connectivity index (χ1v) is 7.48. The minimum absolute atomic E-state index is 0.160. The fraction of sp³-hybridized carbons (Fsp3) is 0.533. The minimum Gasteiger partial charge on any atom is -0.388 e. The number of benzene rings is 1. The molecule has 0 spiro atoms. The third kappa shape index (κ3) is 4.67. The molecule has 1 aromatic rings. The molecule has 0 saturated carbocycles. The van der Waals surface area contributed by atoms with E-state index in [2.05, 4.69) is 15.3 Å². The van der Waals surface area contributed by atoms with Crippen molar-refractivity contribution >= 4 is 5.91 Å². The van der Waals surface area contributed by atoms with Crippen LogP contribution in [-0.2, 0) is 20.9 Å². The van der Waals surface area contributed by atoms with Crippen LogP contribution in [0.25, 0.3) is 10.4 Å². The maximum absolute atomic E-state index is 11.4. The zero-order valence-electron chi connectivity index (χ0n) is 13.1. The van der Waals surface area contributed by atoms with E-state index >= 15 is 0 Å². The molecule has 0 radical (unpaired) electrons. The van der Waals surface area contributed by atoms with Crippen molar-refractivity contribution in [2.45, 2.75) is 44.2 Å². The summed E-state index contributed by atoms with van der Waals surface area (Å²) < 4.78 is 11.3. The van der Waals surface area contributed by atoms with Gasteiger partial charge in [-0.05, 0) is 11.1 Å². The molecule has 1 amide bonds. The zero-order chi connectivity index (χ0) is 17.5. The number of ether oxygens (including phenoxy) is 2. The molecule has 9 nitrogen and oxygen atoms in total. The summed E-state index contributed by atoms with van der Waals surface area (Å²) in [5.41, 5.74) is 9.29. The third-order valence-corrected chi connectivity index (χ3v) is 3.65. The maximum Gasteiger partial charge on any atom is 0.217 e. The lowest BCUT2D eigenvalue weighted by Gasteiger charge is -2.42. The van der Waals surface area contributed by atoms with Gasteiger partial charge in [0.25, 0.3) is 0 Å². The first-order valence-electron chi connectivity index (χ1n) is 7.48. The number of carbonyl (C=O) groups is 1. The van der Waals surface area contributed by atoms with Crippen LogP contribution in [0.4, 0.5) is 0 Å². The number of rotatable bonds is 6. The van der Waals surface area contributed by atoms with E-state index in [1.165, 1.54) is 6.92 Å². The van der Waals surface area contributed by atoms with E-state index in [-0.39, 0.29) is 13.2 Å². The van der Waals surface area contributed by atoms with Gasteiger partial charge in [-0.1, -0.05) is 35.4 Å². The Kier molecular flexibility index (Phi) is 6.53. The average Bonchev–Trinajstić information content (AvgIpc) is 2.58. The normalized spacial score (nSPS) is 29.5. The van der Waals surface area contributed by atoms with Crippen molar-refractivity contribution in [2.24, 2.45) is 5.11 Å². The lowest BCUT2D eigenvalue weighted by molar-refractivity contribution is -0.265. The highest BCUT2D eigenvalue weighted by atomic mass is 16.7. The summed E-state index contributed by atoms with van der Waals surface area (Å²) in [5.74, 6) is -0.392. The second kappa shape index (κ2) is 8.62. The predicted octanol–water partition coefficient (Wildman–Crippen LogP) is 0.465. The fourth-order valence-corrected chi connectivity index (χ4v) is 2.48. The van der Waals surface area contributed by atoms with Crippen molar-refractivity contribution < 1.29 is 24.5 Å². The standard InChI is InChI=1S/C15H20N4O5/c1-9(20)18-12-14(22)13(21)11(7-17-19-16)24-15(12)23-8-10-5-3-2-4-6-10/h2-6,11-15,21-22H,7-8H2,1H3,(H,18,20)/t11-,12+,13+,14-,15-/m0/s1. The average molecular weight is 336 g/mol. The minimum atomic E-state index is -1.32. The number of carbonyl (C=O) groups excluding carboxylic acids is 1. The van der Waals surface area contributed by atoms with Gasteiger partial charge in [-0.3, -0.25) is 4.79 Å². The van der Waals surface area contributed by atoms with E-state index in [0.717, 1.165) is 5.56 Å². The molecule has 9 heteroatoms. The largest absolute Gasteiger partial charge is 0.388 e. The first-order chi connectivity index (χ1) is 11.5. The van der Waals surface area contributed by atoms with E-state index in [4.69, 9.17) is 15.0 Å². The third-order valence-electron chi connectivity index (χ3n) is 3.65. The molecule has 1 aromatic carbocycles. The second-order valence-corrected chi connectivity index (χ2v) is 5.46. The predicted molar refractivity (Wildman–Crippen MR) is 83.5 cm³/mol. The molecule has 3 N–H and O–H groups in total. The number of nitrogens with one attached hydrogen (secondary N) is 1. The van der Waals surface area contributed by atoms with Gasteiger partial charge in [0.2, 0.25) is 5.91 Å². The summed E-state index contributed by atoms with van der Waals surface area (Å²) in [5, 5.41) is 26.2. The van der Waals surface area contributed by atoms with Gasteiger partial charge in [0, 0.05) is 11.8 Å². The van der Waals surface area contributed by atoms with Gasteiger partial charge in [0.1, 0.15) is 18.2 Å². The molecule has 0 aromatic heterocycles. The van der Waals surface area contributed by atoms with Crippen molar-refractivity contribution in [1.82, 2.24) is 5.32 Å². The Hall–Kier alpha value is -2.16. The highest BCUT2D eigenvalue weighted by molar-refractivity contribution is 5.73. The van der Waals surface area contributed by atoms with Crippen LogP contribution < -0.4 is 5.32 Å². The van der Waals surface area contributed by atoms with Gasteiger partial charge in [-0.2, -0.15) is 0 Å². The quantitative estimate of drug-likeness (QED) is 0.394. The van der Waals surface area contributed by atoms with Crippen molar-refractivity contribution in [2.75, 3.05) is 6.54 Å². The summed E-state index contributed by atoms with van der Waals surface area (Å²) >= 11 is 0. The van der Waals surface area contributed by atoms with Crippen LogP contribution in [0.3, 0.4) is 0 Å². The Morgan fingerprint density at radius 2 is 2.08 bits per heavy atom. The SMILES string of the molecule is CC(=O)N[C@H]1[C@@H](OCc2ccccc2)O[C@@H](CN=[N+]=[N-])[C@@H](O)[C@H]1O. The lowest BCUT2D eigenvalue weighted by Crippen LogP contribution is -2.64. The summed E-state index contributed by atoms with van der Waals surface area (Å²) in [6.07, 6.45) is -4.56. The number of hydrogen-bond acceptors (Lipinski definition) is 6. The van der Waals surface area contributed by atoms with Crippen LogP contribution in [-0.4, -0.2) is 53.3 Å². The monoisotopic (exact) mass is 336 g/mol. The Labute approximate surface area is 138 Å². The van der Waals surface area contributed by atoms with E-state index in [0.29, 0.717) is 0 Å². The van der Waals surface area contributed by atoms with Crippen molar-refractivity contribution in [1.29, 1.82) is 0 Å². The Bertz CT molecular complexity index is 593. The second-order valence-electron chi connectivity index (χ2n) is 5.46. The van der Waals surface area contributed by atoms with Crippen LogP contribution in [0, 0.1) is 0 Å². The van der Waals surface area contributed by atoms with Crippen LogP contribution in [0.15, 0.2) is 35.4 Å². The van der Waals surface area contributed by atoms with Crippen molar-refractivity contribution in [3.8, 4) is 0 Å². The van der Waals surface area contributed by atoms with Crippen LogP contribution >= 0.6 is 0 Å². The van der Waals surface area contributed by atoms with E-state index in [1.54, 1.807) is 0 Å². The van der Waals surface area contributed by atoms with Crippen LogP contribution in [0.1, 0.15) is 12.5 Å². The van der Waals surface area contributed by atoms with Gasteiger partial charge in [-0.15, -0.1) is 0 Å². The van der Waals surface area contributed by atoms with E-state index in [1.807, 2.05) is 30.3 Å². The van der Waals surface area contributed by atoms with Gasteiger partial charge in [0.15, 0.2) is 6.29 Å². The molecule has 130 valence electrons. The summed E-state index contributed by atoms with van der Waals surface area (Å²) in [7, 11) is 0. The van der Waals surface area contributed by atoms with Gasteiger partial charge in [0.05, 0.1) is 19.3 Å². The smallest absolute Gasteiger partial charge is 0.217 e.